The van der Waals surface area contributed by atoms with Crippen LogP contribution in [0.5, 0.6) is 0 Å². The van der Waals surface area contributed by atoms with Gasteiger partial charge in [-0.15, -0.1) is 0 Å². The summed E-state index contributed by atoms with van der Waals surface area (Å²) in [4.78, 5) is 16.3. The van der Waals surface area contributed by atoms with Gasteiger partial charge in [-0.05, 0) is 53.3 Å². The number of hydrogen-bond donors (Lipinski definition) is 0. The maximum atomic E-state index is 12.8. The van der Waals surface area contributed by atoms with Gasteiger partial charge in [0.2, 0.25) is 5.91 Å². The molecule has 1 fully saturated rings. The Hall–Kier alpha value is -3.31. The lowest BCUT2D eigenvalue weighted by Gasteiger charge is -2.23. The molecule has 0 bridgehead atoms. The molecule has 2 heterocycles. The van der Waals surface area contributed by atoms with E-state index in [4.69, 9.17) is 5.26 Å². The Labute approximate surface area is 152 Å². The Kier molecular flexibility index (Phi) is 4.07. The molecular weight excluding hydrogens is 324 g/mol. The predicted octanol–water partition coefficient (Wildman–Crippen LogP) is 3.01. The second-order valence-electron chi connectivity index (χ2n) is 6.82. The van der Waals surface area contributed by atoms with Crippen LogP contribution in [-0.4, -0.2) is 28.3 Å². The van der Waals surface area contributed by atoms with Gasteiger partial charge in [-0.25, -0.2) is 0 Å². The average Bonchev–Trinajstić information content (AvgIpc) is 3.33. The van der Waals surface area contributed by atoms with Gasteiger partial charge < -0.3 is 4.90 Å². The largest absolute Gasteiger partial charge is 0.332 e. The van der Waals surface area contributed by atoms with Gasteiger partial charge >= 0.3 is 0 Å². The Balaban J connectivity index is 1.56. The first-order valence-corrected chi connectivity index (χ1v) is 8.77. The van der Waals surface area contributed by atoms with E-state index < -0.39 is 0 Å². The number of likely N-dealkylation sites (tertiary alicyclic amines) is 1. The number of amides is 1. The third-order valence-electron chi connectivity index (χ3n) is 5.23. The van der Waals surface area contributed by atoms with Crippen LogP contribution < -0.4 is 0 Å². The summed E-state index contributed by atoms with van der Waals surface area (Å²) in [6, 6.07) is 15.6. The molecule has 2 aliphatic rings. The summed E-state index contributed by atoms with van der Waals surface area (Å²) in [5.74, 6) is 0.0493. The molecule has 1 amide bonds. The molecule has 2 aromatic rings. The smallest absolute Gasteiger partial charge is 0.246 e. The summed E-state index contributed by atoms with van der Waals surface area (Å²) < 4.78 is 0. The Morgan fingerprint density at radius 3 is 2.65 bits per heavy atom. The van der Waals surface area contributed by atoms with E-state index in [9.17, 15) is 10.1 Å². The molecule has 0 spiro atoms. The Morgan fingerprint density at radius 1 is 1.04 bits per heavy atom. The quantitative estimate of drug-likeness (QED) is 0.787. The maximum absolute atomic E-state index is 12.8. The molecule has 1 saturated heterocycles. The minimum Gasteiger partial charge on any atom is -0.332 e. The zero-order valence-corrected chi connectivity index (χ0v) is 14.4. The van der Waals surface area contributed by atoms with Gasteiger partial charge in [0.1, 0.15) is 6.04 Å². The third-order valence-corrected chi connectivity index (χ3v) is 5.23. The molecule has 5 heteroatoms. The van der Waals surface area contributed by atoms with Gasteiger partial charge in [-0.2, -0.15) is 10.5 Å². The van der Waals surface area contributed by atoms with Crippen molar-refractivity contribution in [3.05, 3.63) is 59.2 Å². The van der Waals surface area contributed by atoms with Crippen molar-refractivity contribution in [3.63, 3.8) is 0 Å². The normalized spacial score (nSPS) is 18.3. The number of nitriles is 2. The molecular formula is C21H18N4O. The number of carbonyl (C=O) groups excluding carboxylic acids is 1. The molecule has 0 radical (unpaired) electrons. The molecule has 2 aliphatic heterocycles. The van der Waals surface area contributed by atoms with Gasteiger partial charge in [0.15, 0.2) is 6.19 Å². The molecule has 4 rings (SSSR count). The summed E-state index contributed by atoms with van der Waals surface area (Å²) in [5, 5.41) is 18.3. The van der Waals surface area contributed by atoms with E-state index >= 15 is 0 Å². The molecule has 0 N–H and O–H groups in total. The summed E-state index contributed by atoms with van der Waals surface area (Å²) in [5.41, 5.74) is 4.98. The van der Waals surface area contributed by atoms with Crippen LogP contribution in [0, 0.1) is 22.8 Å². The second-order valence-corrected chi connectivity index (χ2v) is 6.82. The highest BCUT2D eigenvalue weighted by Crippen LogP contribution is 2.30. The fourth-order valence-electron chi connectivity index (χ4n) is 3.85. The van der Waals surface area contributed by atoms with Crippen molar-refractivity contribution in [2.45, 2.75) is 32.0 Å². The van der Waals surface area contributed by atoms with Crippen molar-refractivity contribution in [3.8, 4) is 23.4 Å². The van der Waals surface area contributed by atoms with E-state index in [0.29, 0.717) is 25.2 Å². The van der Waals surface area contributed by atoms with Crippen molar-refractivity contribution in [1.82, 2.24) is 9.80 Å². The van der Waals surface area contributed by atoms with Crippen LogP contribution in [0.2, 0.25) is 0 Å². The van der Waals surface area contributed by atoms with E-state index in [1.54, 1.807) is 11.0 Å². The first kappa shape index (κ1) is 16.2. The predicted molar refractivity (Wildman–Crippen MR) is 96.2 cm³/mol. The standard InChI is InChI=1S/C21H18N4O/c22-11-15-3-1-4-16(9-15)17-6-7-18-12-25(13-19(18)10-17)21(26)20-5-2-8-24(20)14-23/h1,3-4,6-7,9-10,20H,2,5,8,12-13H2. The first-order valence-electron chi connectivity index (χ1n) is 8.77. The van der Waals surface area contributed by atoms with Crippen molar-refractivity contribution >= 4 is 5.91 Å². The molecule has 1 unspecified atom stereocenters. The van der Waals surface area contributed by atoms with Crippen molar-refractivity contribution in [2.24, 2.45) is 0 Å². The van der Waals surface area contributed by atoms with Crippen molar-refractivity contribution in [1.29, 1.82) is 10.5 Å². The zero-order valence-electron chi connectivity index (χ0n) is 14.4. The minimum absolute atomic E-state index is 0.0493. The summed E-state index contributed by atoms with van der Waals surface area (Å²) >= 11 is 0. The number of rotatable bonds is 2. The maximum Gasteiger partial charge on any atom is 0.246 e. The number of nitrogens with zero attached hydrogens (tertiary/aromatic N) is 4. The van der Waals surface area contributed by atoms with E-state index in [0.717, 1.165) is 35.1 Å². The molecule has 2 aromatic carbocycles. The first-order chi connectivity index (χ1) is 12.7. The highest BCUT2D eigenvalue weighted by atomic mass is 16.2. The van der Waals surface area contributed by atoms with Crippen LogP contribution in [0.1, 0.15) is 29.5 Å². The van der Waals surface area contributed by atoms with Crippen LogP contribution in [0.25, 0.3) is 11.1 Å². The van der Waals surface area contributed by atoms with E-state index in [1.807, 2.05) is 29.2 Å². The SMILES string of the molecule is N#Cc1cccc(-c2ccc3c(c2)CN(C(=O)C2CCCN2C#N)C3)c1. The zero-order chi connectivity index (χ0) is 18.1. The number of carbonyl (C=O) groups is 1. The van der Waals surface area contributed by atoms with Crippen LogP contribution in [0.15, 0.2) is 42.5 Å². The van der Waals surface area contributed by atoms with Crippen LogP contribution in [0.3, 0.4) is 0 Å². The summed E-state index contributed by atoms with van der Waals surface area (Å²) in [6.07, 6.45) is 3.79. The van der Waals surface area contributed by atoms with Crippen molar-refractivity contribution < 1.29 is 4.79 Å². The van der Waals surface area contributed by atoms with Gasteiger partial charge in [0.05, 0.1) is 11.6 Å². The van der Waals surface area contributed by atoms with E-state index in [-0.39, 0.29) is 11.9 Å². The van der Waals surface area contributed by atoms with Crippen LogP contribution in [0.4, 0.5) is 0 Å². The van der Waals surface area contributed by atoms with Crippen LogP contribution >= 0.6 is 0 Å². The van der Waals surface area contributed by atoms with Gasteiger partial charge in [0, 0.05) is 19.6 Å². The van der Waals surface area contributed by atoms with Crippen LogP contribution in [-0.2, 0) is 17.9 Å². The lowest BCUT2D eigenvalue weighted by atomic mass is 9.99. The molecule has 128 valence electrons. The topological polar surface area (TPSA) is 71.1 Å². The fraction of sp³-hybridized carbons (Fsp3) is 0.286. The molecule has 0 saturated carbocycles. The lowest BCUT2D eigenvalue weighted by molar-refractivity contribution is -0.135. The van der Waals surface area contributed by atoms with Crippen molar-refractivity contribution in [2.75, 3.05) is 6.54 Å². The van der Waals surface area contributed by atoms with Gasteiger partial charge in [-0.3, -0.25) is 9.69 Å². The average molecular weight is 342 g/mol. The second kappa shape index (κ2) is 6.54. The number of benzene rings is 2. The lowest BCUT2D eigenvalue weighted by Crippen LogP contribution is -2.41. The molecule has 0 aromatic heterocycles. The molecule has 26 heavy (non-hydrogen) atoms. The third kappa shape index (κ3) is 2.78. The molecule has 5 nitrogen and oxygen atoms in total. The highest BCUT2D eigenvalue weighted by Gasteiger charge is 2.35. The monoisotopic (exact) mass is 342 g/mol. The van der Waals surface area contributed by atoms with E-state index in [1.165, 1.54) is 0 Å². The molecule has 0 aliphatic carbocycles. The number of fused-ring (bicyclic) bond motifs is 1. The Bertz CT molecular complexity index is 953. The minimum atomic E-state index is -0.305. The fourth-order valence-corrected chi connectivity index (χ4v) is 3.85. The highest BCUT2D eigenvalue weighted by molar-refractivity contribution is 5.83. The van der Waals surface area contributed by atoms with Gasteiger partial charge in [0.25, 0.3) is 0 Å². The summed E-state index contributed by atoms with van der Waals surface area (Å²) in [6.45, 7) is 1.85. The number of hydrogen-bond acceptors (Lipinski definition) is 4. The summed E-state index contributed by atoms with van der Waals surface area (Å²) in [7, 11) is 0. The molecule has 1 atom stereocenters. The van der Waals surface area contributed by atoms with E-state index in [2.05, 4.69) is 24.4 Å². The van der Waals surface area contributed by atoms with Gasteiger partial charge in [-0.1, -0.05) is 24.3 Å². The Morgan fingerprint density at radius 2 is 1.85 bits per heavy atom.